The molecule has 0 aliphatic heterocycles. The Morgan fingerprint density at radius 2 is 1.67 bits per heavy atom. The van der Waals surface area contributed by atoms with Crippen molar-refractivity contribution in [3.8, 4) is 11.5 Å². The van der Waals surface area contributed by atoms with Gasteiger partial charge in [-0.25, -0.2) is 0 Å². The first-order chi connectivity index (χ1) is 14.2. The highest BCUT2D eigenvalue weighted by Crippen LogP contribution is 2.29. The van der Waals surface area contributed by atoms with Crippen molar-refractivity contribution >= 4 is 17.6 Å². The number of rotatable bonds is 9. The summed E-state index contributed by atoms with van der Waals surface area (Å²) in [5, 5.41) is 14.2. The Morgan fingerprint density at radius 1 is 1.07 bits per heavy atom. The molecule has 1 unspecified atom stereocenters. The van der Waals surface area contributed by atoms with Crippen molar-refractivity contribution in [2.75, 3.05) is 14.2 Å². The van der Waals surface area contributed by atoms with Crippen molar-refractivity contribution < 1.29 is 28.7 Å². The van der Waals surface area contributed by atoms with Crippen LogP contribution in [0.3, 0.4) is 0 Å². The van der Waals surface area contributed by atoms with E-state index in [2.05, 4.69) is 5.32 Å². The van der Waals surface area contributed by atoms with Gasteiger partial charge in [0.25, 0.3) is 11.6 Å². The number of nitrogens with zero attached hydrogens (tertiary/aromatic N) is 1. The predicted molar refractivity (Wildman–Crippen MR) is 109 cm³/mol. The van der Waals surface area contributed by atoms with Gasteiger partial charge in [-0.05, 0) is 26.0 Å². The molecule has 9 nitrogen and oxygen atoms in total. The number of nitro groups is 1. The summed E-state index contributed by atoms with van der Waals surface area (Å²) in [6, 6.07) is 9.57. The zero-order valence-corrected chi connectivity index (χ0v) is 17.2. The van der Waals surface area contributed by atoms with Crippen LogP contribution in [0.25, 0.3) is 0 Å². The fraction of sp³-hybridized carbons (Fsp3) is 0.333. The van der Waals surface area contributed by atoms with Crippen molar-refractivity contribution in [1.82, 2.24) is 5.32 Å². The largest absolute Gasteiger partial charge is 0.497 e. The molecule has 2 rings (SSSR count). The van der Waals surface area contributed by atoms with Crippen molar-refractivity contribution in [2.45, 2.75) is 32.4 Å². The van der Waals surface area contributed by atoms with Crippen LogP contribution in [0, 0.1) is 10.1 Å². The molecule has 160 valence electrons. The summed E-state index contributed by atoms with van der Waals surface area (Å²) in [5.74, 6) is -0.328. The van der Waals surface area contributed by atoms with Crippen LogP contribution in [0.2, 0.25) is 0 Å². The second-order valence-corrected chi connectivity index (χ2v) is 6.69. The minimum Gasteiger partial charge on any atom is -0.497 e. The molecule has 0 aliphatic carbocycles. The van der Waals surface area contributed by atoms with Gasteiger partial charge in [0.05, 0.1) is 43.3 Å². The number of amides is 1. The maximum Gasteiger partial charge on any atom is 0.308 e. The van der Waals surface area contributed by atoms with E-state index in [1.165, 1.54) is 44.6 Å². The Bertz CT molecular complexity index is 905. The van der Waals surface area contributed by atoms with Crippen LogP contribution in [-0.4, -0.2) is 37.1 Å². The molecule has 9 heteroatoms. The van der Waals surface area contributed by atoms with Crippen molar-refractivity contribution in [2.24, 2.45) is 0 Å². The summed E-state index contributed by atoms with van der Waals surface area (Å²) in [5.41, 5.74) is 0.210. The minimum atomic E-state index is -0.970. The number of nitro benzene ring substituents is 1. The number of ether oxygens (including phenoxy) is 3. The third-order valence-corrected chi connectivity index (χ3v) is 4.17. The smallest absolute Gasteiger partial charge is 0.308 e. The molecular formula is C21H24N2O7. The second-order valence-electron chi connectivity index (χ2n) is 6.69. The third-order valence-electron chi connectivity index (χ3n) is 4.17. The summed E-state index contributed by atoms with van der Waals surface area (Å²) in [6.07, 6.45) is -0.627. The molecule has 0 bridgehead atoms. The highest BCUT2D eigenvalue weighted by molar-refractivity contribution is 5.95. The normalized spacial score (nSPS) is 11.5. The van der Waals surface area contributed by atoms with E-state index in [0.717, 1.165) is 0 Å². The van der Waals surface area contributed by atoms with E-state index < -0.39 is 22.8 Å². The van der Waals surface area contributed by atoms with E-state index in [-0.39, 0.29) is 29.3 Å². The van der Waals surface area contributed by atoms with Crippen LogP contribution in [-0.2, 0) is 9.53 Å². The SMILES string of the molecule is COc1cc(OC)cc(C(=O)NC(CC(=O)OC(C)C)c2ccccc2[N+](=O)[O-])c1. The lowest BCUT2D eigenvalue weighted by molar-refractivity contribution is -0.385. The summed E-state index contributed by atoms with van der Waals surface area (Å²) in [6.45, 7) is 3.39. The van der Waals surface area contributed by atoms with Gasteiger partial charge < -0.3 is 19.5 Å². The summed E-state index contributed by atoms with van der Waals surface area (Å²) in [4.78, 5) is 36.1. The van der Waals surface area contributed by atoms with Gasteiger partial charge in [-0.15, -0.1) is 0 Å². The van der Waals surface area contributed by atoms with Crippen LogP contribution in [0.1, 0.15) is 42.2 Å². The molecule has 0 radical (unpaired) electrons. The molecule has 0 aromatic heterocycles. The summed E-state index contributed by atoms with van der Waals surface area (Å²) >= 11 is 0. The Balaban J connectivity index is 2.39. The molecule has 30 heavy (non-hydrogen) atoms. The number of para-hydroxylation sites is 1. The maximum atomic E-state index is 12.9. The van der Waals surface area contributed by atoms with Gasteiger partial charge >= 0.3 is 5.97 Å². The number of hydrogen-bond acceptors (Lipinski definition) is 7. The monoisotopic (exact) mass is 416 g/mol. The molecule has 1 atom stereocenters. The molecule has 2 aromatic rings. The molecule has 1 amide bonds. The van der Waals surface area contributed by atoms with Crippen LogP contribution < -0.4 is 14.8 Å². The van der Waals surface area contributed by atoms with Gasteiger partial charge in [0.15, 0.2) is 0 Å². The highest BCUT2D eigenvalue weighted by atomic mass is 16.6. The van der Waals surface area contributed by atoms with Gasteiger partial charge in [-0.2, -0.15) is 0 Å². The van der Waals surface area contributed by atoms with E-state index in [1.54, 1.807) is 26.0 Å². The lowest BCUT2D eigenvalue weighted by atomic mass is 10.0. The topological polar surface area (TPSA) is 117 Å². The average molecular weight is 416 g/mol. The van der Waals surface area contributed by atoms with Crippen molar-refractivity contribution in [1.29, 1.82) is 0 Å². The zero-order valence-electron chi connectivity index (χ0n) is 17.2. The standard InChI is InChI=1S/C21H24N2O7/c1-13(2)30-20(24)12-18(17-7-5-6-8-19(17)23(26)27)22-21(25)14-9-15(28-3)11-16(10-14)29-4/h5-11,13,18H,12H2,1-4H3,(H,22,25). The Labute approximate surface area is 174 Å². The quantitative estimate of drug-likeness (QED) is 0.378. The molecule has 0 saturated heterocycles. The highest BCUT2D eigenvalue weighted by Gasteiger charge is 2.27. The molecule has 2 aromatic carbocycles. The number of nitrogens with one attached hydrogen (secondary N) is 1. The number of hydrogen-bond donors (Lipinski definition) is 1. The first-order valence-corrected chi connectivity index (χ1v) is 9.21. The first-order valence-electron chi connectivity index (χ1n) is 9.21. The van der Waals surface area contributed by atoms with Crippen LogP contribution in [0.5, 0.6) is 11.5 Å². The zero-order chi connectivity index (χ0) is 22.3. The Hall–Kier alpha value is -3.62. The molecule has 0 fully saturated rings. The van der Waals surface area contributed by atoms with E-state index in [4.69, 9.17) is 14.2 Å². The second kappa shape index (κ2) is 10.2. The summed E-state index contributed by atoms with van der Waals surface area (Å²) < 4.78 is 15.5. The van der Waals surface area contributed by atoms with Gasteiger partial charge in [0.2, 0.25) is 0 Å². The fourth-order valence-corrected chi connectivity index (χ4v) is 2.84. The number of carbonyl (C=O) groups excluding carboxylic acids is 2. The lowest BCUT2D eigenvalue weighted by Gasteiger charge is -2.20. The molecule has 1 N–H and O–H groups in total. The average Bonchev–Trinajstić information content (AvgIpc) is 2.72. The van der Waals surface area contributed by atoms with Crippen molar-refractivity contribution in [3.63, 3.8) is 0 Å². The first kappa shape index (κ1) is 22.7. The maximum absolute atomic E-state index is 12.9. The van der Waals surface area contributed by atoms with Gasteiger partial charge in [-0.1, -0.05) is 18.2 Å². The van der Waals surface area contributed by atoms with Gasteiger partial charge in [0.1, 0.15) is 11.5 Å². The lowest BCUT2D eigenvalue weighted by Crippen LogP contribution is -2.31. The Kier molecular flexibility index (Phi) is 7.74. The molecule has 0 aliphatic rings. The van der Waals surface area contributed by atoms with Crippen LogP contribution in [0.15, 0.2) is 42.5 Å². The number of benzene rings is 2. The molecule has 0 spiro atoms. The predicted octanol–water partition coefficient (Wildman–Crippen LogP) is 3.42. The van der Waals surface area contributed by atoms with E-state index >= 15 is 0 Å². The van der Waals surface area contributed by atoms with Gasteiger partial charge in [0, 0.05) is 17.7 Å². The molecule has 0 heterocycles. The molecule has 0 saturated carbocycles. The van der Waals surface area contributed by atoms with E-state index in [1.807, 2.05) is 0 Å². The van der Waals surface area contributed by atoms with Crippen LogP contribution >= 0.6 is 0 Å². The van der Waals surface area contributed by atoms with Gasteiger partial charge in [-0.3, -0.25) is 19.7 Å². The third kappa shape index (κ3) is 5.94. The number of methoxy groups -OCH3 is 2. The number of esters is 1. The molecular weight excluding hydrogens is 392 g/mol. The Morgan fingerprint density at radius 3 is 2.20 bits per heavy atom. The summed E-state index contributed by atoms with van der Waals surface area (Å²) in [7, 11) is 2.91. The minimum absolute atomic E-state index is 0.200. The van der Waals surface area contributed by atoms with Crippen molar-refractivity contribution in [3.05, 3.63) is 63.7 Å². The van der Waals surface area contributed by atoms with E-state index in [9.17, 15) is 19.7 Å². The fourth-order valence-electron chi connectivity index (χ4n) is 2.84. The van der Waals surface area contributed by atoms with Crippen LogP contribution in [0.4, 0.5) is 5.69 Å². The van der Waals surface area contributed by atoms with E-state index in [0.29, 0.717) is 11.5 Å². The number of carbonyl (C=O) groups is 2.